The summed E-state index contributed by atoms with van der Waals surface area (Å²) >= 11 is 5.60. The fraction of sp³-hybridized carbons (Fsp3) is 0.125. The van der Waals surface area contributed by atoms with Gasteiger partial charge in [0.2, 0.25) is 0 Å². The van der Waals surface area contributed by atoms with Crippen LogP contribution in [0.25, 0.3) is 0 Å². The number of nitrogens with one attached hydrogen (secondary N) is 1. The van der Waals surface area contributed by atoms with Crippen LogP contribution in [-0.2, 0) is 14.3 Å². The largest absolute Gasteiger partial charge is 0.482 e. The van der Waals surface area contributed by atoms with Crippen molar-refractivity contribution in [2.45, 2.75) is 0 Å². The summed E-state index contributed by atoms with van der Waals surface area (Å²) < 4.78 is 22.9. The van der Waals surface area contributed by atoms with Crippen molar-refractivity contribution in [1.29, 1.82) is 0 Å². The predicted octanol–water partition coefficient (Wildman–Crippen LogP) is 3.04. The SMILES string of the molecule is O=C(COC(=O)COc1ccccc1)Nc1ccc(F)c(Cl)c1. The van der Waals surface area contributed by atoms with Crippen LogP contribution >= 0.6 is 11.6 Å². The number of halogens is 2. The quantitative estimate of drug-likeness (QED) is 0.823. The first-order valence-electron chi connectivity index (χ1n) is 6.63. The van der Waals surface area contributed by atoms with Gasteiger partial charge in [-0.05, 0) is 30.3 Å². The van der Waals surface area contributed by atoms with Crippen LogP contribution in [0.2, 0.25) is 5.02 Å². The third kappa shape index (κ3) is 5.60. The van der Waals surface area contributed by atoms with Gasteiger partial charge in [-0.15, -0.1) is 0 Å². The van der Waals surface area contributed by atoms with Gasteiger partial charge in [0, 0.05) is 5.69 Å². The van der Waals surface area contributed by atoms with E-state index in [2.05, 4.69) is 5.32 Å². The molecule has 0 aliphatic heterocycles. The van der Waals surface area contributed by atoms with Gasteiger partial charge in [-0.2, -0.15) is 0 Å². The third-order valence-electron chi connectivity index (χ3n) is 2.67. The molecule has 0 aliphatic rings. The molecule has 0 spiro atoms. The van der Waals surface area contributed by atoms with Crippen molar-refractivity contribution in [3.8, 4) is 5.75 Å². The van der Waals surface area contributed by atoms with E-state index >= 15 is 0 Å². The van der Waals surface area contributed by atoms with E-state index in [1.165, 1.54) is 12.1 Å². The number of rotatable bonds is 6. The van der Waals surface area contributed by atoms with E-state index in [9.17, 15) is 14.0 Å². The van der Waals surface area contributed by atoms with Crippen LogP contribution in [0.15, 0.2) is 48.5 Å². The van der Waals surface area contributed by atoms with Gasteiger partial charge < -0.3 is 14.8 Å². The number of para-hydroxylation sites is 1. The van der Waals surface area contributed by atoms with Gasteiger partial charge in [0.25, 0.3) is 5.91 Å². The highest BCUT2D eigenvalue weighted by Gasteiger charge is 2.09. The molecular weight excluding hydrogens is 325 g/mol. The Labute approximate surface area is 137 Å². The highest BCUT2D eigenvalue weighted by molar-refractivity contribution is 6.31. The Morgan fingerprint density at radius 1 is 1.09 bits per heavy atom. The summed E-state index contributed by atoms with van der Waals surface area (Å²) in [5.74, 6) is -1.31. The lowest BCUT2D eigenvalue weighted by atomic mass is 10.3. The molecule has 7 heteroatoms. The fourth-order valence-electron chi connectivity index (χ4n) is 1.62. The topological polar surface area (TPSA) is 64.6 Å². The summed E-state index contributed by atoms with van der Waals surface area (Å²) in [6.45, 7) is -0.786. The molecule has 0 unspecified atom stereocenters. The average molecular weight is 338 g/mol. The molecule has 2 rings (SSSR count). The van der Waals surface area contributed by atoms with Crippen LogP contribution < -0.4 is 10.1 Å². The molecule has 0 saturated carbocycles. The summed E-state index contributed by atoms with van der Waals surface area (Å²) in [4.78, 5) is 23.1. The lowest BCUT2D eigenvalue weighted by Gasteiger charge is -2.08. The lowest BCUT2D eigenvalue weighted by Crippen LogP contribution is -2.23. The Hall–Kier alpha value is -2.60. The first-order valence-corrected chi connectivity index (χ1v) is 7.01. The smallest absolute Gasteiger partial charge is 0.344 e. The zero-order valence-electron chi connectivity index (χ0n) is 11.9. The Morgan fingerprint density at radius 3 is 2.52 bits per heavy atom. The van der Waals surface area contributed by atoms with Crippen molar-refractivity contribution in [3.05, 3.63) is 59.4 Å². The normalized spacial score (nSPS) is 10.0. The van der Waals surface area contributed by atoms with E-state index in [1.54, 1.807) is 24.3 Å². The maximum atomic E-state index is 13.0. The van der Waals surface area contributed by atoms with Crippen LogP contribution in [0.3, 0.4) is 0 Å². The van der Waals surface area contributed by atoms with Crippen molar-refractivity contribution in [2.75, 3.05) is 18.5 Å². The van der Waals surface area contributed by atoms with Crippen LogP contribution in [0.4, 0.5) is 10.1 Å². The van der Waals surface area contributed by atoms with Gasteiger partial charge in [-0.25, -0.2) is 9.18 Å². The number of carbonyl (C=O) groups is 2. The Morgan fingerprint density at radius 2 is 1.83 bits per heavy atom. The van der Waals surface area contributed by atoms with Crippen LogP contribution in [0.1, 0.15) is 0 Å². The number of hydrogen-bond acceptors (Lipinski definition) is 4. The maximum absolute atomic E-state index is 13.0. The monoisotopic (exact) mass is 337 g/mol. The number of ether oxygens (including phenoxy) is 2. The standard InChI is InChI=1S/C16H13ClFNO4/c17-13-8-11(6-7-14(13)18)19-15(20)9-23-16(21)10-22-12-4-2-1-3-5-12/h1-8H,9-10H2,(H,19,20). The molecule has 1 amide bonds. The molecular formula is C16H13ClFNO4. The highest BCUT2D eigenvalue weighted by Crippen LogP contribution is 2.19. The van der Waals surface area contributed by atoms with Gasteiger partial charge in [0.05, 0.1) is 5.02 Å². The van der Waals surface area contributed by atoms with Crippen LogP contribution in [0.5, 0.6) is 5.75 Å². The molecule has 0 bridgehead atoms. The number of anilines is 1. The van der Waals surface area contributed by atoms with E-state index < -0.39 is 24.3 Å². The van der Waals surface area contributed by atoms with E-state index in [-0.39, 0.29) is 11.6 Å². The molecule has 5 nitrogen and oxygen atoms in total. The molecule has 0 aliphatic carbocycles. The van der Waals surface area contributed by atoms with Gasteiger partial charge in [-0.3, -0.25) is 4.79 Å². The summed E-state index contributed by atoms with van der Waals surface area (Å²) in [6.07, 6.45) is 0. The maximum Gasteiger partial charge on any atom is 0.344 e. The highest BCUT2D eigenvalue weighted by atomic mass is 35.5. The number of amides is 1. The van der Waals surface area contributed by atoms with Gasteiger partial charge >= 0.3 is 5.97 Å². The zero-order valence-corrected chi connectivity index (χ0v) is 12.7. The second-order valence-electron chi connectivity index (χ2n) is 4.44. The van der Waals surface area contributed by atoms with Crippen LogP contribution in [-0.4, -0.2) is 25.1 Å². The molecule has 0 aromatic heterocycles. The van der Waals surface area contributed by atoms with E-state index in [4.69, 9.17) is 21.1 Å². The van der Waals surface area contributed by atoms with Crippen molar-refractivity contribution in [3.63, 3.8) is 0 Å². The van der Waals surface area contributed by atoms with Gasteiger partial charge in [-0.1, -0.05) is 29.8 Å². The van der Waals surface area contributed by atoms with Gasteiger partial charge in [0.15, 0.2) is 13.2 Å². The van der Waals surface area contributed by atoms with E-state index in [1.807, 2.05) is 6.07 Å². The van der Waals surface area contributed by atoms with Crippen molar-refractivity contribution < 1.29 is 23.5 Å². The molecule has 23 heavy (non-hydrogen) atoms. The van der Waals surface area contributed by atoms with Crippen molar-refractivity contribution in [2.24, 2.45) is 0 Å². The Balaban J connectivity index is 1.73. The molecule has 0 fully saturated rings. The lowest BCUT2D eigenvalue weighted by molar-refractivity contribution is -0.149. The van der Waals surface area contributed by atoms with Crippen LogP contribution in [0, 0.1) is 5.82 Å². The third-order valence-corrected chi connectivity index (χ3v) is 2.96. The molecule has 0 atom stereocenters. The summed E-state index contributed by atoms with van der Waals surface area (Å²) in [5, 5.41) is 2.32. The minimum atomic E-state index is -0.679. The van der Waals surface area contributed by atoms with Crippen molar-refractivity contribution in [1.82, 2.24) is 0 Å². The molecule has 2 aromatic rings. The predicted molar refractivity (Wildman–Crippen MR) is 82.9 cm³/mol. The molecule has 0 heterocycles. The summed E-state index contributed by atoms with van der Waals surface area (Å²) in [5.41, 5.74) is 0.304. The second kappa shape index (κ2) is 8.14. The van der Waals surface area contributed by atoms with Crippen molar-refractivity contribution >= 4 is 29.2 Å². The minimum Gasteiger partial charge on any atom is -0.482 e. The minimum absolute atomic E-state index is 0.115. The molecule has 0 radical (unpaired) electrons. The Bertz CT molecular complexity index is 694. The molecule has 2 aromatic carbocycles. The molecule has 1 N–H and O–H groups in total. The Kier molecular flexibility index (Phi) is 5.94. The fourth-order valence-corrected chi connectivity index (χ4v) is 1.80. The van der Waals surface area contributed by atoms with E-state index in [0.29, 0.717) is 11.4 Å². The summed E-state index contributed by atoms with van der Waals surface area (Å²) in [7, 11) is 0. The zero-order chi connectivity index (χ0) is 16.7. The number of carbonyl (C=O) groups excluding carboxylic acids is 2. The number of hydrogen-bond donors (Lipinski definition) is 1. The van der Waals surface area contributed by atoms with Gasteiger partial charge in [0.1, 0.15) is 11.6 Å². The summed E-state index contributed by atoms with van der Waals surface area (Å²) in [6, 6.07) is 12.5. The van der Waals surface area contributed by atoms with E-state index in [0.717, 1.165) is 6.07 Å². The first-order chi connectivity index (χ1) is 11.0. The first kappa shape index (κ1) is 16.8. The number of esters is 1. The molecule has 0 saturated heterocycles. The second-order valence-corrected chi connectivity index (χ2v) is 4.85. The number of benzene rings is 2. The average Bonchev–Trinajstić information content (AvgIpc) is 2.55. The molecule has 120 valence electrons.